The number of nitrogens with zero attached hydrogens (tertiary/aromatic N) is 9. The molecule has 3 aliphatic rings. The topological polar surface area (TPSA) is 233 Å². The minimum atomic E-state index is -0.611. The van der Waals surface area contributed by atoms with Gasteiger partial charge in [-0.25, -0.2) is 38.7 Å². The maximum atomic E-state index is 11.6. The van der Waals surface area contributed by atoms with E-state index in [2.05, 4.69) is 149 Å². The lowest BCUT2D eigenvalue weighted by molar-refractivity contribution is -0.0239. The molecule has 19 nitrogen and oxygen atoms in total. The Morgan fingerprint density at radius 2 is 1.19 bits per heavy atom. The first-order valence-electron chi connectivity index (χ1n) is 21.4. The fourth-order valence-corrected chi connectivity index (χ4v) is 7.45. The van der Waals surface area contributed by atoms with Gasteiger partial charge in [-0.2, -0.15) is 15.5 Å². The number of rotatable bonds is 8. The number of nitriles is 1. The van der Waals surface area contributed by atoms with Crippen molar-refractivity contribution in [3.05, 3.63) is 36.5 Å². The van der Waals surface area contributed by atoms with Crippen LogP contribution in [0.15, 0.2) is 19.0 Å². The summed E-state index contributed by atoms with van der Waals surface area (Å²) in [6.07, 6.45) is 7.67. The summed E-state index contributed by atoms with van der Waals surface area (Å²) in [7, 11) is 3.32. The standard InChI is InChI=1S/2C12H19N3O3.C8H15BrO.C4H5N3O2.C4H12Si.C2H3N/c1-5-9-7(2)8(3)11(18-9)15-6-13-10(14-15)12(16)17-4;1-5-9-7(2)8(3)11(18-9)15-10(12(16)17-4)13-6-14-15;1-4-7-5(2)6(3)8(9)10-7;1-9-4(8)3-5-2-6-7-3;1-5(2,3)4;1-2-3/h2*6-9,11H,5H2,1-4H3;5-8H,4H2,1-3H3;2H,1H3,(H,5,6,7);1-4H3;1H3. The minimum absolute atomic E-state index is 0.0703. The van der Waals surface area contributed by atoms with Gasteiger partial charge >= 0.3 is 17.9 Å². The highest BCUT2D eigenvalue weighted by molar-refractivity contribution is 9.09. The van der Waals surface area contributed by atoms with E-state index in [4.69, 9.17) is 24.2 Å². The summed E-state index contributed by atoms with van der Waals surface area (Å²) in [4.78, 5) is 44.8. The molecule has 0 amide bonds. The Hall–Kier alpha value is -4.10. The predicted molar refractivity (Wildman–Crippen MR) is 242 cm³/mol. The van der Waals surface area contributed by atoms with Gasteiger partial charge in [-0.05, 0) is 42.9 Å². The van der Waals surface area contributed by atoms with Gasteiger partial charge in [-0.1, -0.05) is 104 Å². The molecule has 12 atom stereocenters. The van der Waals surface area contributed by atoms with Crippen molar-refractivity contribution in [3.8, 4) is 6.07 Å². The van der Waals surface area contributed by atoms with Crippen molar-refractivity contribution in [2.75, 3.05) is 21.3 Å². The van der Waals surface area contributed by atoms with Gasteiger partial charge in [0.25, 0.3) is 5.82 Å². The molecule has 0 spiro atoms. The van der Waals surface area contributed by atoms with Crippen LogP contribution in [0.4, 0.5) is 0 Å². The number of alkyl halides is 1. The average molecular weight is 970 g/mol. The molecule has 356 valence electrons. The summed E-state index contributed by atoms with van der Waals surface area (Å²) < 4.78 is 34.3. The van der Waals surface area contributed by atoms with Crippen molar-refractivity contribution in [2.24, 2.45) is 35.5 Å². The normalized spacial score (nSPS) is 28.0. The lowest BCUT2D eigenvalue weighted by Gasteiger charge is -2.17. The molecule has 3 aromatic heterocycles. The Bertz CT molecular complexity index is 1810. The lowest BCUT2D eigenvalue weighted by atomic mass is 9.92. The van der Waals surface area contributed by atoms with Crippen LogP contribution in [-0.4, -0.2) is 115 Å². The zero-order valence-electron chi connectivity index (χ0n) is 40.4. The molecule has 0 radical (unpaired) electrons. The van der Waals surface area contributed by atoms with Crippen molar-refractivity contribution in [1.29, 1.82) is 5.26 Å². The highest BCUT2D eigenvalue weighted by atomic mass is 79.9. The SMILES string of the molecule is CC#N.CCC1OC(Br)C(C)C1C.CCC1OC(n2cnc(C(=O)OC)n2)C(C)C1C.CCC1OC(n2ncnc2C(=O)OC)C(C)C1C.COC(=O)c1ncn[nH]1.C[Si](C)(C)C. The third-order valence-corrected chi connectivity index (χ3v) is 11.9. The van der Waals surface area contributed by atoms with Crippen LogP contribution < -0.4 is 0 Å². The molecule has 6 rings (SSSR count). The molecule has 63 heavy (non-hydrogen) atoms. The molecule has 12 unspecified atom stereocenters. The summed E-state index contributed by atoms with van der Waals surface area (Å²) >= 11 is 3.50. The number of carbonyl (C=O) groups excluding carboxylic acids is 3. The van der Waals surface area contributed by atoms with E-state index in [0.29, 0.717) is 35.7 Å². The minimum Gasteiger partial charge on any atom is -0.463 e. The third kappa shape index (κ3) is 17.4. The Labute approximate surface area is 383 Å². The van der Waals surface area contributed by atoms with Crippen LogP contribution in [0.2, 0.25) is 26.2 Å². The molecule has 3 saturated heterocycles. The molecule has 0 saturated carbocycles. The fourth-order valence-electron chi connectivity index (χ4n) is 6.69. The van der Waals surface area contributed by atoms with Gasteiger partial charge in [0.2, 0.25) is 11.6 Å². The average Bonchev–Trinajstić information content (AvgIpc) is 4.13. The summed E-state index contributed by atoms with van der Waals surface area (Å²) in [5.41, 5.74) is 0. The molecule has 3 aliphatic heterocycles. The molecular weight excluding hydrogens is 897 g/mol. The Morgan fingerprint density at radius 1 is 0.730 bits per heavy atom. The number of aromatic nitrogens is 9. The second kappa shape index (κ2) is 27.9. The van der Waals surface area contributed by atoms with Gasteiger partial charge in [0.15, 0.2) is 12.5 Å². The van der Waals surface area contributed by atoms with E-state index in [9.17, 15) is 14.4 Å². The van der Waals surface area contributed by atoms with Crippen molar-refractivity contribution < 1.29 is 42.8 Å². The number of halogens is 1. The van der Waals surface area contributed by atoms with E-state index in [1.54, 1.807) is 10.8 Å². The van der Waals surface area contributed by atoms with Crippen molar-refractivity contribution in [3.63, 3.8) is 0 Å². The first-order chi connectivity index (χ1) is 29.6. The Kier molecular flexibility index (Phi) is 25.2. The van der Waals surface area contributed by atoms with Gasteiger partial charge in [0, 0.05) is 26.8 Å². The van der Waals surface area contributed by atoms with E-state index in [1.807, 2.05) is 0 Å². The van der Waals surface area contributed by atoms with Gasteiger partial charge < -0.3 is 28.4 Å². The smallest absolute Gasteiger partial charge is 0.377 e. The number of nitrogens with one attached hydrogen (secondary N) is 1. The monoisotopic (exact) mass is 968 g/mol. The predicted octanol–water partition coefficient (Wildman–Crippen LogP) is 8.15. The molecular formula is C42H73BrN10O9Si. The molecule has 1 N–H and O–H groups in total. The number of esters is 3. The van der Waals surface area contributed by atoms with Crippen LogP contribution in [0.5, 0.6) is 0 Å². The summed E-state index contributed by atoms with van der Waals surface area (Å²) in [6, 6.07) is 1.75. The second-order valence-electron chi connectivity index (χ2n) is 17.1. The number of H-pyrrole nitrogens is 1. The molecule has 0 aromatic carbocycles. The Balaban J connectivity index is 0.000000410. The number of aromatic amines is 1. The van der Waals surface area contributed by atoms with Gasteiger partial charge in [-0.3, -0.25) is 5.10 Å². The highest BCUT2D eigenvalue weighted by Crippen LogP contribution is 2.41. The van der Waals surface area contributed by atoms with Crippen LogP contribution in [0.1, 0.15) is 133 Å². The van der Waals surface area contributed by atoms with Crippen LogP contribution in [0.3, 0.4) is 0 Å². The first-order valence-corrected chi connectivity index (χ1v) is 26.3. The number of hydrogen-bond donors (Lipinski definition) is 1. The Morgan fingerprint density at radius 3 is 1.59 bits per heavy atom. The largest absolute Gasteiger partial charge is 0.463 e. The van der Waals surface area contributed by atoms with Crippen LogP contribution in [0.25, 0.3) is 0 Å². The molecule has 0 aliphatic carbocycles. The van der Waals surface area contributed by atoms with Gasteiger partial charge in [0.1, 0.15) is 24.0 Å². The maximum Gasteiger partial charge on any atom is 0.377 e. The third-order valence-electron chi connectivity index (χ3n) is 10.8. The summed E-state index contributed by atoms with van der Waals surface area (Å²) in [5.74, 6) is 1.72. The van der Waals surface area contributed by atoms with Crippen LogP contribution in [-0.2, 0) is 28.4 Å². The van der Waals surface area contributed by atoms with E-state index < -0.39 is 26.0 Å². The van der Waals surface area contributed by atoms with E-state index in [0.717, 1.165) is 19.3 Å². The van der Waals surface area contributed by atoms with E-state index >= 15 is 0 Å². The van der Waals surface area contributed by atoms with Crippen molar-refractivity contribution in [1.82, 2.24) is 44.7 Å². The fraction of sp³-hybridized carbons (Fsp3) is 0.762. The molecule has 3 aromatic rings. The quantitative estimate of drug-likeness (QED) is 0.0970. The molecule has 0 bridgehead atoms. The number of ether oxygens (including phenoxy) is 6. The second-order valence-corrected chi connectivity index (χ2v) is 24.0. The van der Waals surface area contributed by atoms with Crippen molar-refractivity contribution >= 4 is 41.9 Å². The van der Waals surface area contributed by atoms with Gasteiger partial charge in [0.05, 0.1) is 45.7 Å². The molecule has 21 heteroatoms. The highest BCUT2D eigenvalue weighted by Gasteiger charge is 2.42. The van der Waals surface area contributed by atoms with Crippen LogP contribution >= 0.6 is 15.9 Å². The molecule has 3 fully saturated rings. The van der Waals surface area contributed by atoms with Crippen LogP contribution in [0, 0.1) is 46.8 Å². The zero-order chi connectivity index (χ0) is 48.2. The maximum absolute atomic E-state index is 11.6. The summed E-state index contributed by atoms with van der Waals surface area (Å²) in [5, 5.41) is 21.6. The number of carbonyl (C=O) groups is 3. The lowest BCUT2D eigenvalue weighted by Crippen LogP contribution is -2.22. The van der Waals surface area contributed by atoms with Crippen molar-refractivity contribution in [2.45, 2.75) is 150 Å². The van der Waals surface area contributed by atoms with E-state index in [1.165, 1.54) is 51.9 Å². The summed E-state index contributed by atoms with van der Waals surface area (Å²) in [6.45, 7) is 30.2. The van der Waals surface area contributed by atoms with E-state index in [-0.39, 0.29) is 53.1 Å². The van der Waals surface area contributed by atoms with Gasteiger partial charge in [-0.15, -0.1) is 5.10 Å². The zero-order valence-corrected chi connectivity index (χ0v) is 42.9. The number of hydrogen-bond acceptors (Lipinski definition) is 16. The first kappa shape index (κ1) is 56.9. The molecule has 6 heterocycles. The number of methoxy groups -OCH3 is 3.